The summed E-state index contributed by atoms with van der Waals surface area (Å²) in [5, 5.41) is 13.9. The fourth-order valence-corrected chi connectivity index (χ4v) is 8.56. The first-order valence-electron chi connectivity index (χ1n) is 28.6. The highest BCUT2D eigenvalue weighted by Gasteiger charge is 2.23. The van der Waals surface area contributed by atoms with E-state index in [0.29, 0.717) is 17.4 Å². The van der Waals surface area contributed by atoms with E-state index in [1.165, 1.54) is 122 Å². The van der Waals surface area contributed by atoms with Gasteiger partial charge in [0.1, 0.15) is 13.2 Å². The molecule has 0 saturated carbocycles. The molecule has 0 rings (SSSR count). The Morgan fingerprint density at radius 1 is 0.514 bits per heavy atom. The summed E-state index contributed by atoms with van der Waals surface area (Å²) in [7, 11) is 1.25. The van der Waals surface area contributed by atoms with Crippen molar-refractivity contribution in [3.8, 4) is 0 Å². The second kappa shape index (κ2) is 51.3. The second-order valence-electron chi connectivity index (χ2n) is 20.3. The molecule has 70 heavy (non-hydrogen) atoms. The van der Waals surface area contributed by atoms with Gasteiger partial charge in [-0.1, -0.05) is 246 Å². The number of quaternary nitrogens is 1. The molecule has 0 fully saturated rings. The SMILES string of the molecule is CC/C=C\C/C=C\C/C=C\C/C=C\C/C=C\C/C=C\C/C=C\CCCCCCCCCCCC(=O)NC(COP(=O)([O-])OCC[N+](C)(C)C)C(O)/C=C/CCCCCCCCCCCCCCCCC. The molecule has 0 aliphatic heterocycles. The van der Waals surface area contributed by atoms with Crippen molar-refractivity contribution < 1.29 is 32.9 Å². The smallest absolute Gasteiger partial charge is 0.268 e. The van der Waals surface area contributed by atoms with Crippen LogP contribution in [0.25, 0.3) is 0 Å². The molecule has 2 N–H and O–H groups in total. The van der Waals surface area contributed by atoms with Gasteiger partial charge >= 0.3 is 0 Å². The van der Waals surface area contributed by atoms with Crippen LogP contribution in [0.5, 0.6) is 0 Å². The number of phosphoric acid groups is 1. The zero-order valence-corrected chi connectivity index (χ0v) is 46.8. The second-order valence-corrected chi connectivity index (χ2v) is 21.7. The normalized spacial score (nSPS) is 14.7. The highest BCUT2D eigenvalue weighted by atomic mass is 31.2. The molecule has 0 aromatic rings. The summed E-state index contributed by atoms with van der Waals surface area (Å²) in [6.07, 6.45) is 73.3. The number of hydrogen-bond donors (Lipinski definition) is 2. The molecule has 0 saturated heterocycles. The minimum absolute atomic E-state index is 0.00650. The summed E-state index contributed by atoms with van der Waals surface area (Å²) in [4.78, 5) is 25.5. The van der Waals surface area contributed by atoms with Gasteiger partial charge < -0.3 is 28.8 Å². The van der Waals surface area contributed by atoms with E-state index in [1.54, 1.807) is 6.08 Å². The van der Waals surface area contributed by atoms with Crippen molar-refractivity contribution in [1.29, 1.82) is 0 Å². The molecule has 0 radical (unpaired) electrons. The number of likely N-dealkylation sites (N-methyl/N-ethyl adjacent to an activating group) is 1. The maximum Gasteiger partial charge on any atom is 0.268 e. The van der Waals surface area contributed by atoms with Crippen LogP contribution in [0.3, 0.4) is 0 Å². The first-order chi connectivity index (χ1) is 34.0. The van der Waals surface area contributed by atoms with Gasteiger partial charge in [-0.25, -0.2) is 0 Å². The number of amides is 1. The third-order valence-corrected chi connectivity index (χ3v) is 13.3. The lowest BCUT2D eigenvalue weighted by molar-refractivity contribution is -0.870. The van der Waals surface area contributed by atoms with Gasteiger partial charge in [0.2, 0.25) is 5.91 Å². The van der Waals surface area contributed by atoms with Gasteiger partial charge in [-0.2, -0.15) is 0 Å². The summed E-state index contributed by atoms with van der Waals surface area (Å²) in [5.74, 6) is -0.207. The monoisotopic (exact) mass is 997 g/mol. The fraction of sp³-hybridized carbons (Fsp3) is 0.721. The first-order valence-corrected chi connectivity index (χ1v) is 30.1. The van der Waals surface area contributed by atoms with Crippen LogP contribution in [0.2, 0.25) is 0 Å². The first kappa shape index (κ1) is 67.4. The minimum atomic E-state index is -4.60. The predicted molar refractivity (Wildman–Crippen MR) is 302 cm³/mol. The van der Waals surface area contributed by atoms with Crippen molar-refractivity contribution in [3.05, 3.63) is 97.2 Å². The number of aliphatic hydroxyl groups is 1. The quantitative estimate of drug-likeness (QED) is 0.0272. The van der Waals surface area contributed by atoms with Gasteiger partial charge in [0.25, 0.3) is 7.82 Å². The van der Waals surface area contributed by atoms with Crippen LogP contribution in [0, 0.1) is 0 Å². The van der Waals surface area contributed by atoms with Crippen molar-refractivity contribution >= 4 is 13.7 Å². The van der Waals surface area contributed by atoms with Gasteiger partial charge in [0.15, 0.2) is 0 Å². The van der Waals surface area contributed by atoms with Gasteiger partial charge in [0, 0.05) is 6.42 Å². The van der Waals surface area contributed by atoms with Crippen molar-refractivity contribution in [3.63, 3.8) is 0 Å². The molecule has 0 spiro atoms. The molecule has 0 aliphatic carbocycles. The molecule has 3 atom stereocenters. The van der Waals surface area contributed by atoms with E-state index in [-0.39, 0.29) is 19.1 Å². The number of carbonyl (C=O) groups is 1. The van der Waals surface area contributed by atoms with Crippen molar-refractivity contribution in [2.24, 2.45) is 0 Å². The van der Waals surface area contributed by atoms with Crippen LogP contribution < -0.4 is 10.2 Å². The summed E-state index contributed by atoms with van der Waals surface area (Å²) >= 11 is 0. The van der Waals surface area contributed by atoms with E-state index in [2.05, 4.69) is 104 Å². The number of nitrogens with zero attached hydrogens (tertiary/aromatic N) is 1. The van der Waals surface area contributed by atoms with E-state index in [9.17, 15) is 19.4 Å². The number of hydrogen-bond acceptors (Lipinski definition) is 6. The Hall–Kier alpha value is -2.58. The van der Waals surface area contributed by atoms with Crippen LogP contribution in [0.4, 0.5) is 0 Å². The van der Waals surface area contributed by atoms with Gasteiger partial charge in [-0.15, -0.1) is 0 Å². The standard InChI is InChI=1S/C61H109N2O6P/c1-6-8-10-12-14-16-18-20-22-24-25-26-27-28-29-30-31-32-33-34-35-36-37-39-41-43-45-47-49-51-53-55-61(65)62-59(58-69-70(66,67)68-57-56-63(3,4)5)60(64)54-52-50-48-46-44-42-40-38-23-21-19-17-15-13-11-9-7-2/h8,10,14,16,20,22,25-26,28-29,31-32,34-35,52,54,59-60,64H,6-7,9,11-13,15,17-19,21,23-24,27,30,33,36-51,53,55-58H2,1-5H3,(H-,62,65,66,67)/b10-8-,16-14-,22-20-,26-25-,29-28-,32-31-,35-34-,54-52+. The van der Waals surface area contributed by atoms with Gasteiger partial charge in [0.05, 0.1) is 39.9 Å². The molecular weight excluding hydrogens is 888 g/mol. The summed E-state index contributed by atoms with van der Waals surface area (Å²) in [6, 6.07) is -0.896. The number of allylic oxidation sites excluding steroid dienone is 15. The van der Waals surface area contributed by atoms with E-state index in [4.69, 9.17) is 9.05 Å². The molecule has 0 bridgehead atoms. The summed E-state index contributed by atoms with van der Waals surface area (Å²) in [5.41, 5.74) is 0. The Balaban J connectivity index is 4.22. The van der Waals surface area contributed by atoms with E-state index >= 15 is 0 Å². The number of rotatable bonds is 51. The molecule has 404 valence electrons. The third kappa shape index (κ3) is 53.2. The number of carbonyl (C=O) groups excluding carboxylic acids is 1. The molecule has 0 heterocycles. The lowest BCUT2D eigenvalue weighted by Crippen LogP contribution is -2.45. The number of phosphoric ester groups is 1. The Bertz CT molecular complexity index is 1460. The molecule has 0 aliphatic rings. The summed E-state index contributed by atoms with van der Waals surface area (Å²) < 4.78 is 23.3. The van der Waals surface area contributed by atoms with Crippen molar-refractivity contribution in [2.75, 3.05) is 40.9 Å². The average molecular weight is 998 g/mol. The summed E-state index contributed by atoms with van der Waals surface area (Å²) in [6.45, 7) is 4.53. The van der Waals surface area contributed by atoms with Crippen molar-refractivity contribution in [1.82, 2.24) is 5.32 Å². The highest BCUT2D eigenvalue weighted by molar-refractivity contribution is 7.45. The Morgan fingerprint density at radius 2 is 0.871 bits per heavy atom. The molecule has 8 nitrogen and oxygen atoms in total. The molecular formula is C61H109N2O6P. The molecule has 1 amide bonds. The largest absolute Gasteiger partial charge is 0.756 e. The van der Waals surface area contributed by atoms with E-state index in [1.807, 2.05) is 27.2 Å². The maximum atomic E-state index is 13.0. The molecule has 0 aromatic heterocycles. The van der Waals surface area contributed by atoms with Gasteiger partial charge in [-0.3, -0.25) is 9.36 Å². The topological polar surface area (TPSA) is 108 Å². The molecule has 9 heteroatoms. The number of unbranched alkanes of at least 4 members (excludes halogenated alkanes) is 24. The Morgan fingerprint density at radius 3 is 1.27 bits per heavy atom. The third-order valence-electron chi connectivity index (χ3n) is 12.3. The van der Waals surface area contributed by atoms with Gasteiger partial charge in [-0.05, 0) is 77.0 Å². The zero-order chi connectivity index (χ0) is 51.3. The van der Waals surface area contributed by atoms with E-state index in [0.717, 1.165) is 89.9 Å². The van der Waals surface area contributed by atoms with E-state index < -0.39 is 20.0 Å². The minimum Gasteiger partial charge on any atom is -0.756 e. The number of aliphatic hydroxyl groups excluding tert-OH is 1. The predicted octanol–water partition coefficient (Wildman–Crippen LogP) is 16.8. The molecule has 3 unspecified atom stereocenters. The lowest BCUT2D eigenvalue weighted by atomic mass is 10.0. The lowest BCUT2D eigenvalue weighted by Gasteiger charge is -2.29. The Labute approximate surface area is 432 Å². The zero-order valence-electron chi connectivity index (χ0n) is 45.9. The molecule has 0 aromatic carbocycles. The Kier molecular flexibility index (Phi) is 49.4. The van der Waals surface area contributed by atoms with Crippen LogP contribution in [0.15, 0.2) is 97.2 Å². The van der Waals surface area contributed by atoms with Crippen molar-refractivity contribution in [2.45, 2.75) is 244 Å². The fourth-order valence-electron chi connectivity index (χ4n) is 7.84. The highest BCUT2D eigenvalue weighted by Crippen LogP contribution is 2.38. The van der Waals surface area contributed by atoms with Crippen LogP contribution in [-0.2, 0) is 18.4 Å². The maximum absolute atomic E-state index is 13.0. The van der Waals surface area contributed by atoms with Crippen LogP contribution >= 0.6 is 7.82 Å². The number of nitrogens with one attached hydrogen (secondary N) is 1. The average Bonchev–Trinajstić information content (AvgIpc) is 3.32. The van der Waals surface area contributed by atoms with Crippen LogP contribution in [0.1, 0.15) is 232 Å². The van der Waals surface area contributed by atoms with Crippen LogP contribution in [-0.4, -0.2) is 68.5 Å².